The molecule has 0 atom stereocenters. The number of aromatic nitrogens is 3. The smallest absolute Gasteiger partial charge is 0.156 e. The molecule has 0 aliphatic rings. The number of phenolic OH excluding ortho intramolecular Hbond substituents is 1. The lowest BCUT2D eigenvalue weighted by Crippen LogP contribution is -2.03. The van der Waals surface area contributed by atoms with Crippen molar-refractivity contribution in [1.82, 2.24) is 15.0 Å². The second-order valence-electron chi connectivity index (χ2n) is 4.20. The zero-order valence-corrected chi connectivity index (χ0v) is 11.1. The third-order valence-corrected chi connectivity index (χ3v) is 3.70. The maximum atomic E-state index is 9.91. The summed E-state index contributed by atoms with van der Waals surface area (Å²) in [4.78, 5) is 0.955. The fraction of sp³-hybridized carbons (Fsp3) is 0.0769. The van der Waals surface area contributed by atoms with Gasteiger partial charge in [0, 0.05) is 0 Å². The lowest BCUT2D eigenvalue weighted by Gasteiger charge is -2.06. The summed E-state index contributed by atoms with van der Waals surface area (Å²) in [5.74, 6) is 0.545. The van der Waals surface area contributed by atoms with Crippen molar-refractivity contribution in [3.63, 3.8) is 0 Å². The number of nitrogens with zero attached hydrogens (tertiary/aromatic N) is 3. The fourth-order valence-electron chi connectivity index (χ4n) is 1.86. The largest absolute Gasteiger partial charge is 0.506 e. The number of anilines is 1. The SMILES string of the molecule is Cc1ccc(O)c(-n2nnc(-c3cccs3)c2N)c1. The molecule has 3 N–H and O–H groups in total. The molecule has 3 aromatic rings. The molecule has 2 heterocycles. The number of thiophene rings is 1. The van der Waals surface area contributed by atoms with Crippen molar-refractivity contribution in [2.75, 3.05) is 5.73 Å². The van der Waals surface area contributed by atoms with E-state index in [4.69, 9.17) is 5.73 Å². The van der Waals surface area contributed by atoms with Crippen LogP contribution in [-0.4, -0.2) is 20.1 Å². The van der Waals surface area contributed by atoms with Crippen LogP contribution >= 0.6 is 11.3 Å². The van der Waals surface area contributed by atoms with E-state index in [1.165, 1.54) is 4.68 Å². The molecule has 0 unspecified atom stereocenters. The Balaban J connectivity index is 2.15. The van der Waals surface area contributed by atoms with Crippen LogP contribution < -0.4 is 5.73 Å². The quantitative estimate of drug-likeness (QED) is 0.751. The molecule has 3 rings (SSSR count). The van der Waals surface area contributed by atoms with Crippen molar-refractivity contribution in [3.05, 3.63) is 41.3 Å². The first kappa shape index (κ1) is 11.7. The zero-order chi connectivity index (χ0) is 13.4. The van der Waals surface area contributed by atoms with E-state index in [1.54, 1.807) is 17.4 Å². The zero-order valence-electron chi connectivity index (χ0n) is 10.2. The molecule has 0 bridgehead atoms. The maximum Gasteiger partial charge on any atom is 0.156 e. The number of hydrogen-bond acceptors (Lipinski definition) is 5. The van der Waals surface area contributed by atoms with Gasteiger partial charge in [-0.05, 0) is 36.1 Å². The van der Waals surface area contributed by atoms with Gasteiger partial charge >= 0.3 is 0 Å². The predicted molar refractivity (Wildman–Crippen MR) is 75.5 cm³/mol. The van der Waals surface area contributed by atoms with Crippen LogP contribution in [0.1, 0.15) is 5.56 Å². The number of rotatable bonds is 2. The lowest BCUT2D eigenvalue weighted by molar-refractivity contribution is 0.470. The first-order valence-electron chi connectivity index (χ1n) is 5.72. The number of hydrogen-bond donors (Lipinski definition) is 2. The van der Waals surface area contributed by atoms with Gasteiger partial charge in [-0.3, -0.25) is 0 Å². The monoisotopic (exact) mass is 272 g/mol. The van der Waals surface area contributed by atoms with Gasteiger partial charge in [-0.25, -0.2) is 0 Å². The molecule has 0 aliphatic heterocycles. The Morgan fingerprint density at radius 1 is 1.32 bits per heavy atom. The Kier molecular flexibility index (Phi) is 2.72. The summed E-state index contributed by atoms with van der Waals surface area (Å²) in [5.41, 5.74) is 8.26. The van der Waals surface area contributed by atoms with Crippen LogP contribution in [0.15, 0.2) is 35.7 Å². The van der Waals surface area contributed by atoms with E-state index < -0.39 is 0 Å². The van der Waals surface area contributed by atoms with Gasteiger partial charge in [-0.15, -0.1) is 16.4 Å². The molecule has 5 nitrogen and oxygen atoms in total. The third kappa shape index (κ3) is 1.96. The van der Waals surface area contributed by atoms with Gasteiger partial charge < -0.3 is 10.8 Å². The van der Waals surface area contributed by atoms with Gasteiger partial charge in [0.2, 0.25) is 0 Å². The molecule has 0 radical (unpaired) electrons. The first-order valence-corrected chi connectivity index (χ1v) is 6.60. The summed E-state index contributed by atoms with van der Waals surface area (Å²) in [6, 6.07) is 9.13. The summed E-state index contributed by atoms with van der Waals surface area (Å²) in [7, 11) is 0. The number of aryl methyl sites for hydroxylation is 1. The van der Waals surface area contributed by atoms with Crippen LogP contribution in [0.4, 0.5) is 5.82 Å². The van der Waals surface area contributed by atoms with Crippen molar-refractivity contribution in [3.8, 4) is 22.0 Å². The van der Waals surface area contributed by atoms with Gasteiger partial charge in [0.25, 0.3) is 0 Å². The molecule has 0 aliphatic carbocycles. The Hall–Kier alpha value is -2.34. The average Bonchev–Trinajstić information content (AvgIpc) is 3.01. The summed E-state index contributed by atoms with van der Waals surface area (Å²) >= 11 is 1.55. The number of benzene rings is 1. The predicted octanol–water partition coefficient (Wildman–Crippen LogP) is 2.59. The summed E-state index contributed by atoms with van der Waals surface area (Å²) in [6.07, 6.45) is 0. The molecule has 0 amide bonds. The molecular formula is C13H12N4OS. The number of nitrogen functional groups attached to an aromatic ring is 1. The summed E-state index contributed by atoms with van der Waals surface area (Å²) < 4.78 is 1.46. The van der Waals surface area contributed by atoms with Crippen LogP contribution in [0.2, 0.25) is 0 Å². The van der Waals surface area contributed by atoms with Gasteiger partial charge in [0.15, 0.2) is 5.82 Å². The van der Waals surface area contributed by atoms with Crippen molar-refractivity contribution in [2.45, 2.75) is 6.92 Å². The van der Waals surface area contributed by atoms with E-state index in [2.05, 4.69) is 10.3 Å². The minimum Gasteiger partial charge on any atom is -0.506 e. The Morgan fingerprint density at radius 3 is 2.89 bits per heavy atom. The maximum absolute atomic E-state index is 9.91. The van der Waals surface area contributed by atoms with Gasteiger partial charge in [0.05, 0.1) is 4.88 Å². The van der Waals surface area contributed by atoms with Crippen LogP contribution in [0.25, 0.3) is 16.3 Å². The van der Waals surface area contributed by atoms with Crippen LogP contribution in [0, 0.1) is 6.92 Å². The molecule has 0 saturated heterocycles. The molecule has 1 aromatic carbocycles. The van der Waals surface area contributed by atoms with E-state index in [-0.39, 0.29) is 5.75 Å². The molecule has 96 valence electrons. The van der Waals surface area contributed by atoms with Crippen molar-refractivity contribution >= 4 is 17.2 Å². The molecular weight excluding hydrogens is 260 g/mol. The van der Waals surface area contributed by atoms with Gasteiger partial charge in [0.1, 0.15) is 17.1 Å². The van der Waals surface area contributed by atoms with Gasteiger partial charge in [-0.1, -0.05) is 17.3 Å². The number of phenols is 1. The van der Waals surface area contributed by atoms with E-state index in [0.29, 0.717) is 17.2 Å². The van der Waals surface area contributed by atoms with Crippen LogP contribution in [0.3, 0.4) is 0 Å². The molecule has 0 spiro atoms. The van der Waals surface area contributed by atoms with Crippen LogP contribution in [0.5, 0.6) is 5.75 Å². The average molecular weight is 272 g/mol. The Labute approximate surface area is 113 Å². The molecule has 6 heteroatoms. The second kappa shape index (κ2) is 4.40. The fourth-order valence-corrected chi connectivity index (χ4v) is 2.58. The normalized spacial score (nSPS) is 10.8. The van der Waals surface area contributed by atoms with E-state index in [0.717, 1.165) is 10.4 Å². The molecule has 2 aromatic heterocycles. The first-order chi connectivity index (χ1) is 9.16. The minimum atomic E-state index is 0.125. The molecule has 0 saturated carbocycles. The van der Waals surface area contributed by atoms with Crippen molar-refractivity contribution in [2.24, 2.45) is 0 Å². The second-order valence-corrected chi connectivity index (χ2v) is 5.15. The summed E-state index contributed by atoms with van der Waals surface area (Å²) in [6.45, 7) is 1.94. The molecule has 0 fully saturated rings. The molecule has 19 heavy (non-hydrogen) atoms. The highest BCUT2D eigenvalue weighted by atomic mass is 32.1. The van der Waals surface area contributed by atoms with E-state index in [1.807, 2.05) is 36.6 Å². The third-order valence-electron chi connectivity index (χ3n) is 2.82. The highest BCUT2D eigenvalue weighted by Crippen LogP contribution is 2.31. The van der Waals surface area contributed by atoms with E-state index >= 15 is 0 Å². The summed E-state index contributed by atoms with van der Waals surface area (Å²) in [5, 5.41) is 20.0. The van der Waals surface area contributed by atoms with Gasteiger partial charge in [-0.2, -0.15) is 4.68 Å². The number of nitrogens with two attached hydrogens (primary N) is 1. The highest BCUT2D eigenvalue weighted by molar-refractivity contribution is 7.13. The van der Waals surface area contributed by atoms with Crippen LogP contribution in [-0.2, 0) is 0 Å². The number of aromatic hydroxyl groups is 1. The minimum absolute atomic E-state index is 0.125. The van der Waals surface area contributed by atoms with E-state index in [9.17, 15) is 5.11 Å². The van der Waals surface area contributed by atoms with Crippen molar-refractivity contribution in [1.29, 1.82) is 0 Å². The lowest BCUT2D eigenvalue weighted by atomic mass is 10.2. The topological polar surface area (TPSA) is 77.0 Å². The standard InChI is InChI=1S/C13H12N4OS/c1-8-4-5-10(18)9(7-8)17-13(14)12(15-16-17)11-3-2-6-19-11/h2-7,18H,14H2,1H3. The Bertz CT molecular complexity index is 718. The highest BCUT2D eigenvalue weighted by Gasteiger charge is 2.15. The Morgan fingerprint density at radius 2 is 2.16 bits per heavy atom. The van der Waals surface area contributed by atoms with Crippen molar-refractivity contribution < 1.29 is 5.11 Å².